The SMILES string of the molecule is COc1ccc([N+](=O)[O-])cc1NC(=O)C(C)Nc1ccc2nc(C)sc2c1. The molecule has 1 aromatic heterocycles. The number of rotatable bonds is 6. The van der Waals surface area contributed by atoms with Gasteiger partial charge in [-0.25, -0.2) is 4.98 Å². The lowest BCUT2D eigenvalue weighted by molar-refractivity contribution is -0.384. The largest absolute Gasteiger partial charge is 0.495 e. The van der Waals surface area contributed by atoms with Crippen LogP contribution in [0, 0.1) is 17.0 Å². The van der Waals surface area contributed by atoms with Crippen LogP contribution in [-0.4, -0.2) is 29.0 Å². The predicted octanol–water partition coefficient (Wildman–Crippen LogP) is 3.96. The van der Waals surface area contributed by atoms with Crippen molar-refractivity contribution in [3.05, 3.63) is 51.5 Å². The zero-order chi connectivity index (χ0) is 19.6. The van der Waals surface area contributed by atoms with E-state index in [9.17, 15) is 14.9 Å². The van der Waals surface area contributed by atoms with Gasteiger partial charge in [-0.2, -0.15) is 0 Å². The van der Waals surface area contributed by atoms with Crippen LogP contribution in [0.15, 0.2) is 36.4 Å². The van der Waals surface area contributed by atoms with Crippen LogP contribution in [-0.2, 0) is 4.79 Å². The summed E-state index contributed by atoms with van der Waals surface area (Å²) in [5, 5.41) is 17.7. The molecule has 1 atom stereocenters. The highest BCUT2D eigenvalue weighted by atomic mass is 32.1. The Kier molecular flexibility index (Phi) is 5.22. The monoisotopic (exact) mass is 386 g/mol. The van der Waals surface area contributed by atoms with Gasteiger partial charge < -0.3 is 15.4 Å². The first-order valence-electron chi connectivity index (χ1n) is 8.14. The van der Waals surface area contributed by atoms with Crippen LogP contribution in [0.2, 0.25) is 0 Å². The molecule has 140 valence electrons. The molecule has 0 saturated carbocycles. The fourth-order valence-corrected chi connectivity index (χ4v) is 3.46. The fraction of sp³-hybridized carbons (Fsp3) is 0.222. The molecule has 0 aliphatic heterocycles. The van der Waals surface area contributed by atoms with Gasteiger partial charge in [0.2, 0.25) is 5.91 Å². The van der Waals surface area contributed by atoms with Crippen molar-refractivity contribution in [3.63, 3.8) is 0 Å². The summed E-state index contributed by atoms with van der Waals surface area (Å²) in [6.45, 7) is 3.65. The number of fused-ring (bicyclic) bond motifs is 1. The van der Waals surface area contributed by atoms with Gasteiger partial charge in [-0.3, -0.25) is 14.9 Å². The molecule has 3 rings (SSSR count). The number of nitro groups is 1. The van der Waals surface area contributed by atoms with Crippen LogP contribution in [0.5, 0.6) is 5.75 Å². The number of aryl methyl sites for hydroxylation is 1. The Balaban J connectivity index is 1.75. The second-order valence-electron chi connectivity index (χ2n) is 5.91. The minimum absolute atomic E-state index is 0.127. The van der Waals surface area contributed by atoms with E-state index >= 15 is 0 Å². The third-order valence-electron chi connectivity index (χ3n) is 3.92. The number of non-ortho nitro benzene ring substituents is 1. The fourth-order valence-electron chi connectivity index (χ4n) is 2.59. The first-order chi connectivity index (χ1) is 12.9. The van der Waals surface area contributed by atoms with E-state index in [2.05, 4.69) is 15.6 Å². The van der Waals surface area contributed by atoms with Crippen LogP contribution < -0.4 is 15.4 Å². The van der Waals surface area contributed by atoms with Crippen molar-refractivity contribution in [1.29, 1.82) is 0 Å². The summed E-state index contributed by atoms with van der Waals surface area (Å²) >= 11 is 1.58. The lowest BCUT2D eigenvalue weighted by Gasteiger charge is -2.16. The Morgan fingerprint density at radius 3 is 2.78 bits per heavy atom. The Morgan fingerprint density at radius 2 is 2.07 bits per heavy atom. The normalized spacial score (nSPS) is 11.8. The molecular formula is C18H18N4O4S. The van der Waals surface area contributed by atoms with Crippen LogP contribution in [0.3, 0.4) is 0 Å². The second kappa shape index (κ2) is 7.58. The number of nitro benzene ring substituents is 1. The van der Waals surface area contributed by atoms with E-state index in [1.54, 1.807) is 18.3 Å². The van der Waals surface area contributed by atoms with Crippen molar-refractivity contribution in [1.82, 2.24) is 4.98 Å². The molecule has 0 radical (unpaired) electrons. The Morgan fingerprint density at radius 1 is 1.30 bits per heavy atom. The van der Waals surface area contributed by atoms with Crippen molar-refractivity contribution in [2.24, 2.45) is 0 Å². The van der Waals surface area contributed by atoms with Crippen molar-refractivity contribution in [2.45, 2.75) is 19.9 Å². The van der Waals surface area contributed by atoms with Crippen LogP contribution in [0.1, 0.15) is 11.9 Å². The van der Waals surface area contributed by atoms with Gasteiger partial charge in [0.25, 0.3) is 5.69 Å². The van der Waals surface area contributed by atoms with E-state index in [1.807, 2.05) is 25.1 Å². The van der Waals surface area contributed by atoms with E-state index in [0.29, 0.717) is 5.75 Å². The predicted molar refractivity (Wildman–Crippen MR) is 106 cm³/mol. The van der Waals surface area contributed by atoms with Gasteiger partial charge in [0.05, 0.1) is 32.9 Å². The highest BCUT2D eigenvalue weighted by Gasteiger charge is 2.18. The molecule has 9 heteroatoms. The molecular weight excluding hydrogens is 368 g/mol. The van der Waals surface area contributed by atoms with Crippen LogP contribution in [0.4, 0.5) is 17.1 Å². The number of nitrogens with zero attached hydrogens (tertiary/aromatic N) is 2. The summed E-state index contributed by atoms with van der Waals surface area (Å²) in [5.74, 6) is 0.0112. The maximum atomic E-state index is 12.5. The molecule has 0 saturated heterocycles. The lowest BCUT2D eigenvalue weighted by atomic mass is 10.2. The van der Waals surface area contributed by atoms with E-state index < -0.39 is 11.0 Å². The maximum absolute atomic E-state index is 12.5. The molecule has 0 fully saturated rings. The average Bonchev–Trinajstić information content (AvgIpc) is 3.00. The van der Waals surface area contributed by atoms with E-state index in [1.165, 1.54) is 25.3 Å². The highest BCUT2D eigenvalue weighted by Crippen LogP contribution is 2.29. The molecule has 0 aliphatic rings. The number of hydrogen-bond donors (Lipinski definition) is 2. The molecule has 8 nitrogen and oxygen atoms in total. The second-order valence-corrected chi connectivity index (χ2v) is 7.15. The molecule has 1 heterocycles. The third kappa shape index (κ3) is 4.14. The smallest absolute Gasteiger partial charge is 0.271 e. The Labute approximate surface area is 159 Å². The Bertz CT molecular complexity index is 1020. The number of hydrogen-bond acceptors (Lipinski definition) is 7. The lowest BCUT2D eigenvalue weighted by Crippen LogP contribution is -2.32. The molecule has 1 unspecified atom stereocenters. The number of aromatic nitrogens is 1. The minimum Gasteiger partial charge on any atom is -0.495 e. The molecule has 2 N–H and O–H groups in total. The number of nitrogens with one attached hydrogen (secondary N) is 2. The van der Waals surface area contributed by atoms with Gasteiger partial charge in [-0.1, -0.05) is 0 Å². The summed E-state index contributed by atoms with van der Waals surface area (Å²) in [6, 6.07) is 9.18. The van der Waals surface area contributed by atoms with Crippen molar-refractivity contribution in [2.75, 3.05) is 17.7 Å². The zero-order valence-corrected chi connectivity index (χ0v) is 15.8. The molecule has 3 aromatic rings. The molecule has 0 spiro atoms. The topological polar surface area (TPSA) is 106 Å². The quantitative estimate of drug-likeness (QED) is 0.490. The summed E-state index contributed by atoms with van der Waals surface area (Å²) in [7, 11) is 1.44. The summed E-state index contributed by atoms with van der Waals surface area (Å²) in [5.41, 5.74) is 1.83. The summed E-state index contributed by atoms with van der Waals surface area (Å²) < 4.78 is 6.20. The van der Waals surface area contributed by atoms with Crippen LogP contribution >= 0.6 is 11.3 Å². The molecule has 0 bridgehead atoms. The number of benzene rings is 2. The van der Waals surface area contributed by atoms with Gasteiger partial charge >= 0.3 is 0 Å². The van der Waals surface area contributed by atoms with E-state index in [4.69, 9.17) is 4.74 Å². The van der Waals surface area contributed by atoms with Crippen molar-refractivity contribution >= 4 is 44.5 Å². The van der Waals surface area contributed by atoms with Gasteiger partial charge in [0.1, 0.15) is 11.8 Å². The highest BCUT2D eigenvalue weighted by molar-refractivity contribution is 7.18. The summed E-state index contributed by atoms with van der Waals surface area (Å²) in [6.07, 6.45) is 0. The third-order valence-corrected chi connectivity index (χ3v) is 4.86. The number of ether oxygens (including phenoxy) is 1. The maximum Gasteiger partial charge on any atom is 0.271 e. The zero-order valence-electron chi connectivity index (χ0n) is 15.0. The Hall–Kier alpha value is -3.20. The number of carbonyl (C=O) groups is 1. The first-order valence-corrected chi connectivity index (χ1v) is 8.96. The van der Waals surface area contributed by atoms with Crippen molar-refractivity contribution < 1.29 is 14.5 Å². The standard InChI is InChI=1S/C18H18N4O4S/c1-10(19-12-4-6-14-17(8-12)27-11(2)20-14)18(23)21-15-9-13(22(24)25)5-7-16(15)26-3/h4-10,19H,1-3H3,(H,21,23). The molecule has 2 aromatic carbocycles. The number of methoxy groups -OCH3 is 1. The number of thiazole rings is 1. The van der Waals surface area contributed by atoms with Gasteiger partial charge in [0, 0.05) is 17.8 Å². The average molecular weight is 386 g/mol. The van der Waals surface area contributed by atoms with E-state index in [0.717, 1.165) is 20.9 Å². The molecule has 1 amide bonds. The number of anilines is 2. The molecule has 0 aliphatic carbocycles. The van der Waals surface area contributed by atoms with Crippen molar-refractivity contribution in [3.8, 4) is 5.75 Å². The molecule has 27 heavy (non-hydrogen) atoms. The van der Waals surface area contributed by atoms with Gasteiger partial charge in [-0.05, 0) is 38.1 Å². The summed E-state index contributed by atoms with van der Waals surface area (Å²) in [4.78, 5) is 27.4. The first kappa shape index (κ1) is 18.6. The van der Waals surface area contributed by atoms with Crippen LogP contribution in [0.25, 0.3) is 10.2 Å². The van der Waals surface area contributed by atoms with E-state index in [-0.39, 0.29) is 17.3 Å². The van der Waals surface area contributed by atoms with Gasteiger partial charge in [-0.15, -0.1) is 11.3 Å². The number of carbonyl (C=O) groups excluding carboxylic acids is 1. The van der Waals surface area contributed by atoms with Gasteiger partial charge in [0.15, 0.2) is 0 Å². The minimum atomic E-state index is -0.569. The number of amides is 1.